The van der Waals surface area contributed by atoms with Crippen LogP contribution in [0.5, 0.6) is 0 Å². The quantitative estimate of drug-likeness (QED) is 0.581. The van der Waals surface area contributed by atoms with Gasteiger partial charge in [0.1, 0.15) is 0 Å². The van der Waals surface area contributed by atoms with E-state index in [1.165, 1.54) is 5.56 Å². The molecule has 0 aliphatic heterocycles. The van der Waals surface area contributed by atoms with E-state index in [1.807, 2.05) is 24.3 Å². The molecule has 0 bridgehead atoms. The molecule has 1 rings (SSSR count). The first-order valence-electron chi connectivity index (χ1n) is 4.39. The summed E-state index contributed by atoms with van der Waals surface area (Å²) in [7, 11) is 0. The van der Waals surface area contributed by atoms with E-state index in [0.717, 1.165) is 0 Å². The molecule has 0 unspecified atom stereocenters. The molecule has 0 N–H and O–H groups in total. The van der Waals surface area contributed by atoms with Gasteiger partial charge < -0.3 is 0 Å². The Balaban J connectivity index is 3.02. The minimum absolute atomic E-state index is 0.131. The first-order valence-corrected chi connectivity index (χ1v) is 5.52. The molecule has 0 saturated heterocycles. The Morgan fingerprint density at radius 2 is 1.14 bits per heavy atom. The molecule has 0 nitrogen and oxygen atoms in total. The van der Waals surface area contributed by atoms with Crippen molar-refractivity contribution in [1.82, 2.24) is 0 Å². The molecular formula is C11H13Cl3. The summed E-state index contributed by atoms with van der Waals surface area (Å²) in [5.74, 6) is 0. The van der Waals surface area contributed by atoms with Gasteiger partial charge in [0, 0.05) is 5.56 Å². The van der Waals surface area contributed by atoms with Crippen LogP contribution in [-0.2, 0) is 9.21 Å². The van der Waals surface area contributed by atoms with E-state index in [4.69, 9.17) is 34.8 Å². The van der Waals surface area contributed by atoms with Gasteiger partial charge in [0.2, 0.25) is 3.79 Å². The van der Waals surface area contributed by atoms with Gasteiger partial charge in [-0.1, -0.05) is 79.8 Å². The largest absolute Gasteiger partial charge is 0.216 e. The molecule has 3 heteroatoms. The van der Waals surface area contributed by atoms with Crippen molar-refractivity contribution in [3.8, 4) is 0 Å². The normalized spacial score (nSPS) is 13.0. The third kappa shape index (κ3) is 3.05. The molecule has 0 amide bonds. The van der Waals surface area contributed by atoms with Crippen LogP contribution < -0.4 is 0 Å². The summed E-state index contributed by atoms with van der Waals surface area (Å²) in [5.41, 5.74) is 2.07. The molecule has 0 fully saturated rings. The second-order valence-electron chi connectivity index (χ2n) is 4.33. The van der Waals surface area contributed by atoms with Crippen LogP contribution in [0.2, 0.25) is 0 Å². The fraction of sp³-hybridized carbons (Fsp3) is 0.455. The van der Waals surface area contributed by atoms with E-state index in [9.17, 15) is 0 Å². The van der Waals surface area contributed by atoms with Crippen LogP contribution in [0.3, 0.4) is 0 Å². The number of halogens is 3. The van der Waals surface area contributed by atoms with Crippen LogP contribution in [0.25, 0.3) is 0 Å². The monoisotopic (exact) mass is 250 g/mol. The lowest BCUT2D eigenvalue weighted by Gasteiger charge is -2.20. The maximum absolute atomic E-state index is 5.76. The molecule has 0 aliphatic rings. The Morgan fingerprint density at radius 1 is 0.786 bits per heavy atom. The zero-order chi connectivity index (χ0) is 11.0. The Kier molecular flexibility index (Phi) is 3.41. The second-order valence-corrected chi connectivity index (χ2v) is 6.61. The van der Waals surface area contributed by atoms with Gasteiger partial charge in [0.15, 0.2) is 0 Å². The van der Waals surface area contributed by atoms with Crippen LogP contribution in [0.4, 0.5) is 0 Å². The van der Waals surface area contributed by atoms with Gasteiger partial charge >= 0.3 is 0 Å². The molecule has 0 spiro atoms. The maximum atomic E-state index is 5.76. The summed E-state index contributed by atoms with van der Waals surface area (Å²) >= 11 is 17.3. The molecule has 0 atom stereocenters. The summed E-state index contributed by atoms with van der Waals surface area (Å²) in [5, 5.41) is 0. The van der Waals surface area contributed by atoms with Crippen LogP contribution in [0, 0.1) is 0 Å². The number of hydrogen-bond donors (Lipinski definition) is 0. The lowest BCUT2D eigenvalue weighted by atomic mass is 9.87. The van der Waals surface area contributed by atoms with Gasteiger partial charge in [-0.15, -0.1) is 0 Å². The van der Waals surface area contributed by atoms with Crippen molar-refractivity contribution in [3.05, 3.63) is 35.4 Å². The Bertz CT molecular complexity index is 268. The Morgan fingerprint density at radius 3 is 1.43 bits per heavy atom. The van der Waals surface area contributed by atoms with Gasteiger partial charge in [-0.05, 0) is 11.0 Å². The molecule has 0 radical (unpaired) electrons. The molecule has 1 aromatic rings. The summed E-state index contributed by atoms with van der Waals surface area (Å²) in [6.07, 6.45) is 0. The number of benzene rings is 1. The SMILES string of the molecule is CC(C)(C)c1ccc(C(Cl)(Cl)Cl)cc1. The first kappa shape index (κ1) is 12.2. The van der Waals surface area contributed by atoms with Crippen LogP contribution in [0.1, 0.15) is 31.9 Å². The van der Waals surface area contributed by atoms with E-state index in [-0.39, 0.29) is 5.41 Å². The number of rotatable bonds is 0. The zero-order valence-corrected chi connectivity index (χ0v) is 10.7. The van der Waals surface area contributed by atoms with E-state index in [2.05, 4.69) is 20.8 Å². The van der Waals surface area contributed by atoms with Gasteiger partial charge in [-0.3, -0.25) is 0 Å². The second kappa shape index (κ2) is 3.92. The predicted molar refractivity (Wildman–Crippen MR) is 64.4 cm³/mol. The standard InChI is InChI=1S/C11H13Cl3/c1-10(2,3)8-4-6-9(7-5-8)11(12,13)14/h4-7H,1-3H3. The fourth-order valence-electron chi connectivity index (χ4n) is 1.16. The Hall–Kier alpha value is 0.0900. The van der Waals surface area contributed by atoms with Crippen molar-refractivity contribution >= 4 is 34.8 Å². The first-order chi connectivity index (χ1) is 6.21. The molecular weight excluding hydrogens is 238 g/mol. The number of alkyl halides is 3. The van der Waals surface area contributed by atoms with Gasteiger partial charge in [-0.25, -0.2) is 0 Å². The molecule has 0 heterocycles. The van der Waals surface area contributed by atoms with Crippen LogP contribution in [-0.4, -0.2) is 0 Å². The molecule has 0 aromatic heterocycles. The number of hydrogen-bond acceptors (Lipinski definition) is 0. The highest BCUT2D eigenvalue weighted by molar-refractivity contribution is 6.66. The highest BCUT2D eigenvalue weighted by Crippen LogP contribution is 2.38. The predicted octanol–water partition coefficient (Wildman–Crippen LogP) is 4.81. The van der Waals surface area contributed by atoms with Crippen molar-refractivity contribution in [2.45, 2.75) is 30.0 Å². The van der Waals surface area contributed by atoms with Gasteiger partial charge in [-0.2, -0.15) is 0 Å². The summed E-state index contributed by atoms with van der Waals surface area (Å²) in [4.78, 5) is 0. The van der Waals surface area contributed by atoms with E-state index < -0.39 is 3.79 Å². The maximum Gasteiger partial charge on any atom is 0.216 e. The van der Waals surface area contributed by atoms with Gasteiger partial charge in [0.05, 0.1) is 0 Å². The van der Waals surface area contributed by atoms with E-state index in [1.54, 1.807) is 0 Å². The van der Waals surface area contributed by atoms with Crippen molar-refractivity contribution in [3.63, 3.8) is 0 Å². The zero-order valence-electron chi connectivity index (χ0n) is 8.44. The topological polar surface area (TPSA) is 0 Å². The summed E-state index contributed by atoms with van der Waals surface area (Å²) < 4.78 is -1.32. The van der Waals surface area contributed by atoms with Crippen molar-refractivity contribution in [2.75, 3.05) is 0 Å². The van der Waals surface area contributed by atoms with E-state index >= 15 is 0 Å². The lowest BCUT2D eigenvalue weighted by Crippen LogP contribution is -2.11. The van der Waals surface area contributed by atoms with Crippen molar-refractivity contribution in [2.24, 2.45) is 0 Å². The molecule has 0 aliphatic carbocycles. The van der Waals surface area contributed by atoms with Gasteiger partial charge in [0.25, 0.3) is 0 Å². The summed E-state index contributed by atoms with van der Waals surface area (Å²) in [6, 6.07) is 7.70. The third-order valence-corrected chi connectivity index (χ3v) is 2.73. The highest BCUT2D eigenvalue weighted by atomic mass is 35.6. The smallest absolute Gasteiger partial charge is 0.0784 e. The molecule has 1 aromatic carbocycles. The molecule has 14 heavy (non-hydrogen) atoms. The average Bonchev–Trinajstić information content (AvgIpc) is 2.01. The fourth-order valence-corrected chi connectivity index (χ4v) is 1.54. The summed E-state index contributed by atoms with van der Waals surface area (Å²) in [6.45, 7) is 6.45. The highest BCUT2D eigenvalue weighted by Gasteiger charge is 2.23. The third-order valence-electron chi connectivity index (χ3n) is 2.08. The van der Waals surface area contributed by atoms with Crippen molar-refractivity contribution in [1.29, 1.82) is 0 Å². The van der Waals surface area contributed by atoms with E-state index in [0.29, 0.717) is 5.56 Å². The molecule has 0 saturated carbocycles. The minimum Gasteiger partial charge on any atom is -0.0784 e. The van der Waals surface area contributed by atoms with Crippen LogP contribution >= 0.6 is 34.8 Å². The Labute approximate surface area is 100 Å². The molecule has 78 valence electrons. The minimum atomic E-state index is -1.32. The lowest BCUT2D eigenvalue weighted by molar-refractivity contribution is 0.590. The average molecular weight is 252 g/mol. The van der Waals surface area contributed by atoms with Crippen LogP contribution in [0.15, 0.2) is 24.3 Å². The van der Waals surface area contributed by atoms with Crippen molar-refractivity contribution < 1.29 is 0 Å².